The van der Waals surface area contributed by atoms with Gasteiger partial charge in [0.25, 0.3) is 0 Å². The molecule has 10 aromatic rings. The van der Waals surface area contributed by atoms with E-state index in [0.717, 1.165) is 17.1 Å². The van der Waals surface area contributed by atoms with Gasteiger partial charge >= 0.3 is 0 Å². The molecule has 52 heavy (non-hydrogen) atoms. The summed E-state index contributed by atoms with van der Waals surface area (Å²) in [5.74, 6) is 0. The van der Waals surface area contributed by atoms with Crippen LogP contribution in [0.3, 0.4) is 0 Å². The van der Waals surface area contributed by atoms with E-state index in [1.54, 1.807) is 0 Å². The van der Waals surface area contributed by atoms with Crippen LogP contribution in [0.15, 0.2) is 200 Å². The van der Waals surface area contributed by atoms with Crippen LogP contribution in [0.4, 0.5) is 17.1 Å². The van der Waals surface area contributed by atoms with Gasteiger partial charge in [-0.05, 0) is 97.4 Å². The van der Waals surface area contributed by atoms with E-state index < -0.39 is 0 Å². The number of benzene rings is 9. The fraction of sp³-hybridized carbons (Fsp3) is 0. The standard InChI is InChI=1S/C50H33NS/c1-4-14-34(15-5-1)43-29-28-40(31-45(43)35-16-6-2-7-17-35)51(39-27-26-38-25-24-37-20-10-11-21-42(37)46(38)30-39)41-32-47(36-18-8-3-9-19-36)50-44-22-12-13-23-48(44)52-49(50)33-41/h1-33H. The summed E-state index contributed by atoms with van der Waals surface area (Å²) in [4.78, 5) is 2.46. The first-order valence-electron chi connectivity index (χ1n) is 17.8. The minimum Gasteiger partial charge on any atom is -0.310 e. The molecule has 0 saturated heterocycles. The molecule has 0 saturated carbocycles. The molecule has 0 bridgehead atoms. The molecule has 0 atom stereocenters. The fourth-order valence-corrected chi connectivity index (χ4v) is 8.95. The summed E-state index contributed by atoms with van der Waals surface area (Å²) in [7, 11) is 0. The van der Waals surface area contributed by atoms with Crippen molar-refractivity contribution in [2.45, 2.75) is 0 Å². The van der Waals surface area contributed by atoms with E-state index in [-0.39, 0.29) is 0 Å². The third-order valence-electron chi connectivity index (χ3n) is 10.2. The van der Waals surface area contributed by atoms with Crippen LogP contribution in [0.1, 0.15) is 0 Å². The number of hydrogen-bond acceptors (Lipinski definition) is 2. The molecule has 0 amide bonds. The average Bonchev–Trinajstić information content (AvgIpc) is 3.60. The molecular weight excluding hydrogens is 647 g/mol. The Bertz CT molecular complexity index is 2890. The SMILES string of the molecule is c1ccc(-c2ccc(N(c3cc(-c4ccccc4)c4c(c3)sc3ccccc34)c3ccc4ccc5ccccc5c4c3)cc2-c2ccccc2)cc1. The van der Waals surface area contributed by atoms with Crippen molar-refractivity contribution in [1.82, 2.24) is 0 Å². The molecule has 0 aliphatic heterocycles. The second-order valence-electron chi connectivity index (χ2n) is 13.3. The van der Waals surface area contributed by atoms with E-state index in [4.69, 9.17) is 0 Å². The molecule has 0 fully saturated rings. The molecule has 0 aliphatic rings. The van der Waals surface area contributed by atoms with Gasteiger partial charge in [0.2, 0.25) is 0 Å². The van der Waals surface area contributed by atoms with E-state index in [9.17, 15) is 0 Å². The molecule has 0 radical (unpaired) electrons. The molecule has 0 aliphatic carbocycles. The lowest BCUT2D eigenvalue weighted by Crippen LogP contribution is -2.10. The Morgan fingerprint density at radius 3 is 1.56 bits per heavy atom. The average molecular weight is 680 g/mol. The molecule has 0 spiro atoms. The molecule has 1 heterocycles. The maximum atomic E-state index is 2.46. The van der Waals surface area contributed by atoms with Crippen molar-refractivity contribution in [1.29, 1.82) is 0 Å². The zero-order valence-electron chi connectivity index (χ0n) is 28.4. The summed E-state index contributed by atoms with van der Waals surface area (Å²) in [6.07, 6.45) is 0. The van der Waals surface area contributed by atoms with E-state index in [0.29, 0.717) is 0 Å². The van der Waals surface area contributed by atoms with Crippen molar-refractivity contribution >= 4 is 70.1 Å². The Hall–Kier alpha value is -6.48. The fourth-order valence-electron chi connectivity index (χ4n) is 7.79. The predicted molar refractivity (Wildman–Crippen MR) is 225 cm³/mol. The van der Waals surface area contributed by atoms with Crippen molar-refractivity contribution in [2.75, 3.05) is 4.90 Å². The largest absolute Gasteiger partial charge is 0.310 e. The Kier molecular flexibility index (Phi) is 7.41. The highest BCUT2D eigenvalue weighted by atomic mass is 32.1. The van der Waals surface area contributed by atoms with Crippen LogP contribution in [0.2, 0.25) is 0 Å². The topological polar surface area (TPSA) is 3.24 Å². The molecule has 0 unspecified atom stereocenters. The van der Waals surface area contributed by atoms with E-state index in [1.807, 2.05) is 11.3 Å². The Morgan fingerprint density at radius 2 is 0.827 bits per heavy atom. The molecule has 2 heteroatoms. The second-order valence-corrected chi connectivity index (χ2v) is 14.4. The van der Waals surface area contributed by atoms with Gasteiger partial charge in [-0.25, -0.2) is 0 Å². The van der Waals surface area contributed by atoms with Crippen LogP contribution >= 0.6 is 11.3 Å². The highest BCUT2D eigenvalue weighted by Crippen LogP contribution is 2.47. The van der Waals surface area contributed by atoms with Gasteiger partial charge in [-0.2, -0.15) is 0 Å². The van der Waals surface area contributed by atoms with Crippen LogP contribution in [-0.2, 0) is 0 Å². The van der Waals surface area contributed by atoms with Crippen LogP contribution in [0.5, 0.6) is 0 Å². The maximum Gasteiger partial charge on any atom is 0.0482 e. The summed E-state index contributed by atoms with van der Waals surface area (Å²) in [5, 5.41) is 7.60. The normalized spacial score (nSPS) is 11.5. The van der Waals surface area contributed by atoms with Crippen LogP contribution in [0.25, 0.3) is 75.1 Å². The second kappa shape index (κ2) is 12.7. The van der Waals surface area contributed by atoms with Gasteiger partial charge in [-0.1, -0.05) is 158 Å². The maximum absolute atomic E-state index is 2.46. The van der Waals surface area contributed by atoms with Crippen molar-refractivity contribution in [2.24, 2.45) is 0 Å². The molecule has 1 nitrogen and oxygen atoms in total. The number of thiophene rings is 1. The van der Waals surface area contributed by atoms with Gasteiger partial charge in [-0.15, -0.1) is 11.3 Å². The summed E-state index contributed by atoms with van der Waals surface area (Å²) in [5.41, 5.74) is 10.6. The quantitative estimate of drug-likeness (QED) is 0.158. The van der Waals surface area contributed by atoms with Crippen molar-refractivity contribution in [3.05, 3.63) is 200 Å². The van der Waals surface area contributed by atoms with Gasteiger partial charge in [0.05, 0.1) is 0 Å². The van der Waals surface area contributed by atoms with E-state index >= 15 is 0 Å². The molecule has 244 valence electrons. The van der Waals surface area contributed by atoms with Crippen molar-refractivity contribution in [3.63, 3.8) is 0 Å². The minimum atomic E-state index is 1.11. The molecule has 1 aromatic heterocycles. The summed E-state index contributed by atoms with van der Waals surface area (Å²) in [6.45, 7) is 0. The Balaban J connectivity index is 1.28. The van der Waals surface area contributed by atoms with Crippen LogP contribution < -0.4 is 4.90 Å². The molecular formula is C50H33NS. The van der Waals surface area contributed by atoms with Gasteiger partial charge < -0.3 is 4.90 Å². The third kappa shape index (κ3) is 5.24. The zero-order valence-corrected chi connectivity index (χ0v) is 29.2. The first-order valence-corrected chi connectivity index (χ1v) is 18.6. The number of anilines is 3. The van der Waals surface area contributed by atoms with E-state index in [2.05, 4.69) is 205 Å². The highest BCUT2D eigenvalue weighted by Gasteiger charge is 2.21. The number of rotatable bonds is 6. The van der Waals surface area contributed by atoms with Gasteiger partial charge in [0.1, 0.15) is 0 Å². The lowest BCUT2D eigenvalue weighted by atomic mass is 9.93. The Labute approximate surface area is 307 Å². The van der Waals surface area contributed by atoms with Crippen LogP contribution in [-0.4, -0.2) is 0 Å². The van der Waals surface area contributed by atoms with Gasteiger partial charge in [0.15, 0.2) is 0 Å². The van der Waals surface area contributed by atoms with Gasteiger partial charge in [0, 0.05) is 37.2 Å². The number of fused-ring (bicyclic) bond motifs is 6. The monoisotopic (exact) mass is 679 g/mol. The first-order chi connectivity index (χ1) is 25.8. The number of nitrogens with zero attached hydrogens (tertiary/aromatic N) is 1. The van der Waals surface area contributed by atoms with Gasteiger partial charge in [-0.3, -0.25) is 0 Å². The first kappa shape index (κ1) is 30.4. The summed E-state index contributed by atoms with van der Waals surface area (Å²) < 4.78 is 2.58. The lowest BCUT2D eigenvalue weighted by Gasteiger charge is -2.28. The molecule has 0 N–H and O–H groups in total. The smallest absolute Gasteiger partial charge is 0.0482 e. The zero-order chi connectivity index (χ0) is 34.4. The number of hydrogen-bond donors (Lipinski definition) is 0. The molecule has 10 rings (SSSR count). The van der Waals surface area contributed by atoms with E-state index in [1.165, 1.54) is 75.1 Å². The lowest BCUT2D eigenvalue weighted by molar-refractivity contribution is 1.30. The van der Waals surface area contributed by atoms with Crippen molar-refractivity contribution < 1.29 is 0 Å². The summed E-state index contributed by atoms with van der Waals surface area (Å²) >= 11 is 1.87. The van der Waals surface area contributed by atoms with Crippen molar-refractivity contribution in [3.8, 4) is 33.4 Å². The Morgan fingerprint density at radius 1 is 0.308 bits per heavy atom. The highest BCUT2D eigenvalue weighted by molar-refractivity contribution is 7.26. The predicted octanol–water partition coefficient (Wildman–Crippen LogP) is 14.8. The van der Waals surface area contributed by atoms with Crippen LogP contribution in [0, 0.1) is 0 Å². The minimum absolute atomic E-state index is 1.11. The summed E-state index contributed by atoms with van der Waals surface area (Å²) in [6, 6.07) is 73.0. The third-order valence-corrected chi connectivity index (χ3v) is 11.3. The molecule has 9 aromatic carbocycles.